The molecular formula is C22H25ClN4O4. The molecule has 9 heteroatoms. The summed E-state index contributed by atoms with van der Waals surface area (Å²) in [5.74, 6) is 0.773. The van der Waals surface area contributed by atoms with Gasteiger partial charge in [-0.25, -0.2) is 0 Å². The van der Waals surface area contributed by atoms with Crippen LogP contribution in [0.25, 0.3) is 0 Å². The number of halogens is 1. The number of aromatic nitrogens is 2. The van der Waals surface area contributed by atoms with Crippen molar-refractivity contribution >= 4 is 29.1 Å². The number of furan rings is 1. The van der Waals surface area contributed by atoms with Crippen LogP contribution in [0.5, 0.6) is 5.75 Å². The minimum atomic E-state index is -0.486. The highest BCUT2D eigenvalue weighted by Crippen LogP contribution is 2.23. The van der Waals surface area contributed by atoms with Gasteiger partial charge in [-0.1, -0.05) is 25.4 Å². The fourth-order valence-corrected chi connectivity index (χ4v) is 3.09. The zero-order valence-electron chi connectivity index (χ0n) is 17.9. The molecule has 3 aromatic rings. The topological polar surface area (TPSA) is 98.4 Å². The van der Waals surface area contributed by atoms with Crippen LogP contribution in [0, 0.1) is 12.8 Å². The predicted molar refractivity (Wildman–Crippen MR) is 118 cm³/mol. The van der Waals surface area contributed by atoms with Gasteiger partial charge in [-0.05, 0) is 48.7 Å². The van der Waals surface area contributed by atoms with E-state index in [4.69, 9.17) is 20.8 Å². The van der Waals surface area contributed by atoms with E-state index in [9.17, 15) is 9.59 Å². The molecule has 0 bridgehead atoms. The van der Waals surface area contributed by atoms with Crippen LogP contribution < -0.4 is 15.4 Å². The Balaban J connectivity index is 1.64. The summed E-state index contributed by atoms with van der Waals surface area (Å²) in [7, 11) is 1.64. The van der Waals surface area contributed by atoms with Crippen molar-refractivity contribution in [3.8, 4) is 5.75 Å². The van der Waals surface area contributed by atoms with E-state index in [1.165, 1.54) is 10.9 Å². The summed E-state index contributed by atoms with van der Waals surface area (Å²) in [4.78, 5) is 25.1. The number of carbonyl (C=O) groups excluding carboxylic acids is 2. The number of carbonyl (C=O) groups is 2. The maximum atomic E-state index is 12.6. The van der Waals surface area contributed by atoms with Crippen LogP contribution in [0.1, 0.15) is 46.2 Å². The number of benzene rings is 1. The van der Waals surface area contributed by atoms with Gasteiger partial charge >= 0.3 is 0 Å². The number of anilines is 1. The van der Waals surface area contributed by atoms with Crippen LogP contribution in [-0.2, 0) is 13.7 Å². The van der Waals surface area contributed by atoms with E-state index in [-0.39, 0.29) is 24.0 Å². The number of hydrogen-bond donors (Lipinski definition) is 2. The van der Waals surface area contributed by atoms with Crippen molar-refractivity contribution in [3.63, 3.8) is 0 Å². The Kier molecular flexibility index (Phi) is 7.02. The lowest BCUT2D eigenvalue weighted by Gasteiger charge is -2.10. The second-order valence-electron chi connectivity index (χ2n) is 7.55. The third-order valence-electron chi connectivity index (χ3n) is 4.47. The Morgan fingerprint density at radius 2 is 2.00 bits per heavy atom. The molecule has 2 heterocycles. The van der Waals surface area contributed by atoms with Crippen molar-refractivity contribution < 1.29 is 18.7 Å². The van der Waals surface area contributed by atoms with Gasteiger partial charge in [-0.2, -0.15) is 5.10 Å². The number of nitrogens with one attached hydrogen (secondary N) is 2. The fraction of sp³-hybridized carbons (Fsp3) is 0.318. The molecule has 0 radical (unpaired) electrons. The van der Waals surface area contributed by atoms with E-state index in [0.717, 1.165) is 5.56 Å². The SMILES string of the molecule is Cc1cc(Cl)ccc1OCc1ccc(C(=O)Nc2cnn(C)c2C(=O)NCC(C)C)o1. The van der Waals surface area contributed by atoms with Crippen LogP contribution in [0.3, 0.4) is 0 Å². The molecule has 0 spiro atoms. The monoisotopic (exact) mass is 444 g/mol. The summed E-state index contributed by atoms with van der Waals surface area (Å²) in [6.45, 7) is 6.57. The van der Waals surface area contributed by atoms with Gasteiger partial charge in [0.25, 0.3) is 11.8 Å². The van der Waals surface area contributed by atoms with E-state index in [1.54, 1.807) is 37.4 Å². The van der Waals surface area contributed by atoms with Gasteiger partial charge in [0, 0.05) is 18.6 Å². The molecular weight excluding hydrogens is 420 g/mol. The molecule has 31 heavy (non-hydrogen) atoms. The number of hydrogen-bond acceptors (Lipinski definition) is 5. The zero-order valence-corrected chi connectivity index (χ0v) is 18.6. The summed E-state index contributed by atoms with van der Waals surface area (Å²) in [5, 5.41) is 10.2. The third kappa shape index (κ3) is 5.67. The van der Waals surface area contributed by atoms with E-state index < -0.39 is 5.91 Å². The van der Waals surface area contributed by atoms with E-state index in [1.807, 2.05) is 20.8 Å². The Bertz CT molecular complexity index is 1090. The minimum Gasteiger partial charge on any atom is -0.485 e. The number of aryl methyl sites for hydroxylation is 2. The molecule has 8 nitrogen and oxygen atoms in total. The van der Waals surface area contributed by atoms with Crippen LogP contribution in [-0.4, -0.2) is 28.1 Å². The largest absolute Gasteiger partial charge is 0.485 e. The molecule has 0 fully saturated rings. The molecule has 0 unspecified atom stereocenters. The predicted octanol–water partition coefficient (Wildman–Crippen LogP) is 4.19. The Morgan fingerprint density at radius 3 is 2.71 bits per heavy atom. The number of amides is 2. The molecule has 0 saturated heterocycles. The molecule has 0 saturated carbocycles. The zero-order chi connectivity index (χ0) is 22.5. The fourth-order valence-electron chi connectivity index (χ4n) is 2.86. The molecule has 0 aliphatic rings. The normalized spacial score (nSPS) is 10.9. The summed E-state index contributed by atoms with van der Waals surface area (Å²) in [6.07, 6.45) is 1.43. The minimum absolute atomic E-state index is 0.101. The molecule has 164 valence electrons. The first kappa shape index (κ1) is 22.4. The van der Waals surface area contributed by atoms with Crippen molar-refractivity contribution in [3.05, 3.63) is 64.3 Å². The van der Waals surface area contributed by atoms with Gasteiger partial charge in [0.1, 0.15) is 23.8 Å². The van der Waals surface area contributed by atoms with Crippen molar-refractivity contribution in [2.75, 3.05) is 11.9 Å². The van der Waals surface area contributed by atoms with Gasteiger partial charge in [0.05, 0.1) is 11.9 Å². The average Bonchev–Trinajstić information content (AvgIpc) is 3.32. The van der Waals surface area contributed by atoms with Crippen LogP contribution in [0.15, 0.2) is 40.9 Å². The van der Waals surface area contributed by atoms with Gasteiger partial charge < -0.3 is 19.8 Å². The highest BCUT2D eigenvalue weighted by Gasteiger charge is 2.20. The van der Waals surface area contributed by atoms with Gasteiger partial charge in [0.2, 0.25) is 0 Å². The molecule has 0 atom stereocenters. The molecule has 3 rings (SSSR count). The molecule has 1 aromatic carbocycles. The Morgan fingerprint density at radius 1 is 1.23 bits per heavy atom. The van der Waals surface area contributed by atoms with Gasteiger partial charge in [-0.3, -0.25) is 14.3 Å². The molecule has 2 N–H and O–H groups in total. The summed E-state index contributed by atoms with van der Waals surface area (Å²) >= 11 is 5.95. The van der Waals surface area contributed by atoms with Gasteiger partial charge in [-0.15, -0.1) is 0 Å². The van der Waals surface area contributed by atoms with Crippen molar-refractivity contribution in [2.45, 2.75) is 27.4 Å². The van der Waals surface area contributed by atoms with E-state index in [2.05, 4.69) is 15.7 Å². The highest BCUT2D eigenvalue weighted by molar-refractivity contribution is 6.30. The molecule has 0 aliphatic carbocycles. The van der Waals surface area contributed by atoms with Gasteiger partial charge in [0.15, 0.2) is 5.76 Å². The Labute approximate surface area is 185 Å². The summed E-state index contributed by atoms with van der Waals surface area (Å²) < 4.78 is 12.8. The summed E-state index contributed by atoms with van der Waals surface area (Å²) in [6, 6.07) is 8.55. The standard InChI is InChI=1S/C22H25ClN4O4/c1-13(2)10-24-22(29)20-17(11-25-27(20)4)26-21(28)19-8-6-16(31-19)12-30-18-7-5-15(23)9-14(18)3/h5-9,11,13H,10,12H2,1-4H3,(H,24,29)(H,26,28). The lowest BCUT2D eigenvalue weighted by Crippen LogP contribution is -2.30. The second kappa shape index (κ2) is 9.70. The first-order chi connectivity index (χ1) is 14.7. The Hall–Kier alpha value is -3.26. The maximum absolute atomic E-state index is 12.6. The van der Waals surface area contributed by atoms with Crippen LogP contribution in [0.4, 0.5) is 5.69 Å². The van der Waals surface area contributed by atoms with E-state index in [0.29, 0.717) is 34.7 Å². The maximum Gasteiger partial charge on any atom is 0.291 e. The molecule has 2 aromatic heterocycles. The highest BCUT2D eigenvalue weighted by atomic mass is 35.5. The van der Waals surface area contributed by atoms with Crippen LogP contribution >= 0.6 is 11.6 Å². The molecule has 2 amide bonds. The first-order valence-electron chi connectivity index (χ1n) is 9.83. The first-order valence-corrected chi connectivity index (χ1v) is 10.2. The number of ether oxygens (including phenoxy) is 1. The number of nitrogens with zero attached hydrogens (tertiary/aromatic N) is 2. The smallest absolute Gasteiger partial charge is 0.291 e. The third-order valence-corrected chi connectivity index (χ3v) is 4.70. The van der Waals surface area contributed by atoms with Crippen molar-refractivity contribution in [1.29, 1.82) is 0 Å². The molecule has 0 aliphatic heterocycles. The summed E-state index contributed by atoms with van der Waals surface area (Å²) in [5.41, 5.74) is 1.47. The average molecular weight is 445 g/mol. The van der Waals surface area contributed by atoms with Crippen molar-refractivity contribution in [2.24, 2.45) is 13.0 Å². The lowest BCUT2D eigenvalue weighted by atomic mass is 10.2. The lowest BCUT2D eigenvalue weighted by molar-refractivity contribution is 0.0940. The van der Waals surface area contributed by atoms with Crippen molar-refractivity contribution in [1.82, 2.24) is 15.1 Å². The van der Waals surface area contributed by atoms with Crippen LogP contribution in [0.2, 0.25) is 5.02 Å². The quantitative estimate of drug-likeness (QED) is 0.542. The second-order valence-corrected chi connectivity index (χ2v) is 7.99. The number of rotatable bonds is 8. The van der Waals surface area contributed by atoms with E-state index >= 15 is 0 Å².